The second-order valence-corrected chi connectivity index (χ2v) is 5.84. The molecule has 1 saturated heterocycles. The Morgan fingerprint density at radius 3 is 2.57 bits per heavy atom. The summed E-state index contributed by atoms with van der Waals surface area (Å²) in [6.07, 6.45) is 0. The van der Waals surface area contributed by atoms with Crippen LogP contribution >= 0.6 is 0 Å². The van der Waals surface area contributed by atoms with Gasteiger partial charge in [-0.25, -0.2) is 0 Å². The highest BCUT2D eigenvalue weighted by Gasteiger charge is 2.23. The van der Waals surface area contributed by atoms with Crippen molar-refractivity contribution in [3.63, 3.8) is 0 Å². The van der Waals surface area contributed by atoms with Crippen molar-refractivity contribution in [1.29, 1.82) is 0 Å². The molecule has 7 nitrogen and oxygen atoms in total. The first-order valence-corrected chi connectivity index (χ1v) is 7.90. The van der Waals surface area contributed by atoms with Crippen LogP contribution in [0.15, 0.2) is 18.2 Å². The smallest absolute Gasteiger partial charge is 0.279 e. The number of hydrogen-bond donors (Lipinski definition) is 2. The number of rotatable bonds is 3. The van der Waals surface area contributed by atoms with Gasteiger partial charge in [0.05, 0.1) is 26.2 Å². The topological polar surface area (TPSA) is 72.3 Å². The molecule has 2 amide bonds. The fourth-order valence-corrected chi connectivity index (χ4v) is 2.87. The number of carbonyl (C=O) groups is 2. The molecule has 0 spiro atoms. The predicted octanol–water partition coefficient (Wildman–Crippen LogP) is -0.857. The highest BCUT2D eigenvalue weighted by atomic mass is 16.6. The first-order chi connectivity index (χ1) is 11.1. The summed E-state index contributed by atoms with van der Waals surface area (Å²) in [6.45, 7) is 6.08. The van der Waals surface area contributed by atoms with Gasteiger partial charge >= 0.3 is 0 Å². The molecule has 2 aliphatic heterocycles. The Kier molecular flexibility index (Phi) is 4.66. The Balaban J connectivity index is 1.51. The molecule has 0 saturated carbocycles. The third kappa shape index (κ3) is 3.92. The van der Waals surface area contributed by atoms with Gasteiger partial charge < -0.3 is 24.6 Å². The van der Waals surface area contributed by atoms with E-state index in [-0.39, 0.29) is 11.8 Å². The van der Waals surface area contributed by atoms with E-state index in [1.807, 2.05) is 17.0 Å². The van der Waals surface area contributed by atoms with Gasteiger partial charge in [-0.3, -0.25) is 9.59 Å². The van der Waals surface area contributed by atoms with E-state index >= 15 is 0 Å². The first-order valence-electron chi connectivity index (χ1n) is 7.90. The molecule has 2 heterocycles. The zero-order valence-electron chi connectivity index (χ0n) is 13.3. The van der Waals surface area contributed by atoms with Crippen LogP contribution in [0.3, 0.4) is 0 Å². The van der Waals surface area contributed by atoms with E-state index < -0.39 is 0 Å². The summed E-state index contributed by atoms with van der Waals surface area (Å²) >= 11 is 0. The number of piperazine rings is 1. The van der Waals surface area contributed by atoms with Crippen LogP contribution in [0, 0.1) is 0 Å². The maximum atomic E-state index is 12.2. The fraction of sp³-hybridized carbons (Fsp3) is 0.500. The van der Waals surface area contributed by atoms with E-state index in [4.69, 9.17) is 9.47 Å². The fourth-order valence-electron chi connectivity index (χ4n) is 2.87. The van der Waals surface area contributed by atoms with E-state index in [9.17, 15) is 9.59 Å². The minimum atomic E-state index is -0.0343. The van der Waals surface area contributed by atoms with E-state index in [2.05, 4.69) is 5.32 Å². The van der Waals surface area contributed by atoms with Gasteiger partial charge in [0.2, 0.25) is 5.91 Å². The summed E-state index contributed by atoms with van der Waals surface area (Å²) in [5, 5.41) is 2.90. The van der Waals surface area contributed by atoms with Crippen molar-refractivity contribution in [1.82, 2.24) is 4.90 Å². The molecule has 0 radical (unpaired) electrons. The van der Waals surface area contributed by atoms with Crippen molar-refractivity contribution in [2.75, 3.05) is 51.3 Å². The Morgan fingerprint density at radius 2 is 1.87 bits per heavy atom. The Bertz CT molecular complexity index is 597. The molecule has 0 atom stereocenters. The van der Waals surface area contributed by atoms with Crippen molar-refractivity contribution < 1.29 is 24.0 Å². The largest absolute Gasteiger partial charge is 0.486 e. The number of ether oxygens (including phenoxy) is 2. The predicted molar refractivity (Wildman–Crippen MR) is 83.9 cm³/mol. The van der Waals surface area contributed by atoms with Crippen molar-refractivity contribution in [2.24, 2.45) is 0 Å². The number of nitrogens with zero attached hydrogens (tertiary/aromatic N) is 1. The van der Waals surface area contributed by atoms with E-state index in [0.717, 1.165) is 13.1 Å². The lowest BCUT2D eigenvalue weighted by Gasteiger charge is -2.31. The van der Waals surface area contributed by atoms with E-state index in [0.29, 0.717) is 50.0 Å². The minimum absolute atomic E-state index is 0.0343. The Hall–Kier alpha value is -2.28. The normalized spacial score (nSPS) is 17.7. The van der Waals surface area contributed by atoms with Crippen LogP contribution in [-0.2, 0) is 9.59 Å². The highest BCUT2D eigenvalue weighted by molar-refractivity contribution is 5.91. The Morgan fingerprint density at radius 1 is 1.17 bits per heavy atom. The molecule has 1 aromatic carbocycles. The molecule has 1 fully saturated rings. The van der Waals surface area contributed by atoms with Crippen LogP contribution in [-0.4, -0.2) is 62.7 Å². The van der Waals surface area contributed by atoms with Gasteiger partial charge in [0.1, 0.15) is 13.2 Å². The second-order valence-electron chi connectivity index (χ2n) is 5.84. The number of carbonyl (C=O) groups excluding carboxylic acids is 2. The van der Waals surface area contributed by atoms with Crippen molar-refractivity contribution in [3.05, 3.63) is 18.2 Å². The summed E-state index contributed by atoms with van der Waals surface area (Å²) in [6, 6.07) is 5.41. The number of amides is 2. The van der Waals surface area contributed by atoms with Crippen LogP contribution in [0.5, 0.6) is 11.5 Å². The maximum absolute atomic E-state index is 12.2. The van der Waals surface area contributed by atoms with Crippen molar-refractivity contribution in [3.8, 4) is 11.5 Å². The third-order valence-corrected chi connectivity index (χ3v) is 4.15. The molecule has 23 heavy (non-hydrogen) atoms. The molecule has 124 valence electrons. The van der Waals surface area contributed by atoms with Gasteiger partial charge in [0.15, 0.2) is 18.0 Å². The average molecular weight is 320 g/mol. The van der Waals surface area contributed by atoms with Crippen LogP contribution < -0.4 is 19.7 Å². The lowest BCUT2D eigenvalue weighted by atomic mass is 10.2. The lowest BCUT2D eigenvalue weighted by Crippen LogP contribution is -3.15. The van der Waals surface area contributed by atoms with Gasteiger partial charge in [-0.1, -0.05) is 0 Å². The quantitative estimate of drug-likeness (QED) is 0.760. The molecule has 2 N–H and O–H groups in total. The summed E-state index contributed by atoms with van der Waals surface area (Å²) in [5.41, 5.74) is 0.709. The molecule has 3 rings (SSSR count). The number of nitrogens with one attached hydrogen (secondary N) is 2. The van der Waals surface area contributed by atoms with Crippen LogP contribution in [0.2, 0.25) is 0 Å². The molecular formula is C16H22N3O4+. The van der Waals surface area contributed by atoms with Crippen LogP contribution in [0.1, 0.15) is 6.92 Å². The molecule has 0 unspecified atom stereocenters. The van der Waals surface area contributed by atoms with Crippen molar-refractivity contribution >= 4 is 17.5 Å². The van der Waals surface area contributed by atoms with Gasteiger partial charge in [-0.05, 0) is 12.1 Å². The Labute approximate surface area is 135 Å². The van der Waals surface area contributed by atoms with Crippen LogP contribution in [0.4, 0.5) is 5.69 Å². The standard InChI is InChI=1S/C16H21N3O4/c1-12(20)19-6-4-18(5-7-19)11-16(21)17-13-2-3-14-15(10-13)23-9-8-22-14/h2-3,10H,4-9,11H2,1H3,(H,17,21)/p+1. The summed E-state index contributed by atoms with van der Waals surface area (Å²) in [7, 11) is 0. The molecule has 0 aromatic heterocycles. The molecule has 7 heteroatoms. The highest BCUT2D eigenvalue weighted by Crippen LogP contribution is 2.32. The zero-order valence-corrected chi connectivity index (χ0v) is 13.3. The third-order valence-electron chi connectivity index (χ3n) is 4.15. The number of quaternary nitrogens is 1. The monoisotopic (exact) mass is 320 g/mol. The number of hydrogen-bond acceptors (Lipinski definition) is 4. The van der Waals surface area contributed by atoms with Gasteiger partial charge in [0.25, 0.3) is 5.91 Å². The van der Waals surface area contributed by atoms with Gasteiger partial charge in [-0.15, -0.1) is 0 Å². The summed E-state index contributed by atoms with van der Waals surface area (Å²) in [4.78, 5) is 26.5. The molecule has 0 aliphatic carbocycles. The molecular weight excluding hydrogens is 298 g/mol. The number of benzene rings is 1. The average Bonchev–Trinajstić information content (AvgIpc) is 2.55. The van der Waals surface area contributed by atoms with Crippen molar-refractivity contribution in [2.45, 2.75) is 6.92 Å². The summed E-state index contributed by atoms with van der Waals surface area (Å²) in [5.74, 6) is 1.44. The maximum Gasteiger partial charge on any atom is 0.279 e. The van der Waals surface area contributed by atoms with Gasteiger partial charge in [-0.2, -0.15) is 0 Å². The van der Waals surface area contributed by atoms with Crippen LogP contribution in [0.25, 0.3) is 0 Å². The van der Waals surface area contributed by atoms with E-state index in [1.54, 1.807) is 13.0 Å². The SMILES string of the molecule is CC(=O)N1CC[NH+](CC(=O)Nc2ccc3c(c2)OCCO3)CC1. The summed E-state index contributed by atoms with van der Waals surface area (Å²) < 4.78 is 11.0. The minimum Gasteiger partial charge on any atom is -0.486 e. The first kappa shape index (κ1) is 15.6. The molecule has 1 aromatic rings. The molecule has 0 bridgehead atoms. The second kappa shape index (κ2) is 6.87. The zero-order chi connectivity index (χ0) is 16.2. The number of fused-ring (bicyclic) bond motifs is 1. The lowest BCUT2D eigenvalue weighted by molar-refractivity contribution is -0.895. The van der Waals surface area contributed by atoms with Gasteiger partial charge in [0, 0.05) is 18.7 Å². The molecule has 2 aliphatic rings. The number of anilines is 1. The van der Waals surface area contributed by atoms with E-state index in [1.165, 1.54) is 4.90 Å².